The van der Waals surface area contributed by atoms with E-state index in [2.05, 4.69) is 33.9 Å². The highest BCUT2D eigenvalue weighted by Crippen LogP contribution is 2.39. The van der Waals surface area contributed by atoms with Crippen molar-refractivity contribution in [3.8, 4) is 11.1 Å². The molecule has 0 aliphatic carbocycles. The van der Waals surface area contributed by atoms with E-state index < -0.39 is 32.0 Å². The topological polar surface area (TPSA) is 55.8 Å². The third-order valence-electron chi connectivity index (χ3n) is 6.93. The molecule has 3 rings (SSSR count). The van der Waals surface area contributed by atoms with Crippen molar-refractivity contribution in [1.29, 1.82) is 0 Å². The van der Waals surface area contributed by atoms with Gasteiger partial charge in [-0.2, -0.15) is 0 Å². The Labute approximate surface area is 209 Å². The summed E-state index contributed by atoms with van der Waals surface area (Å²) in [7, 11) is -2.07. The smallest absolute Gasteiger partial charge is 0.417 e. The van der Waals surface area contributed by atoms with E-state index in [1.807, 2.05) is 24.3 Å². The molecule has 2 aromatic rings. The van der Waals surface area contributed by atoms with Crippen LogP contribution in [0.15, 0.2) is 48.5 Å². The molecule has 190 valence electrons. The lowest BCUT2D eigenvalue weighted by Crippen LogP contribution is -2.48. The third-order valence-corrected chi connectivity index (χ3v) is 11.4. The number of hydrogen-bond donors (Lipinski definition) is 0. The summed E-state index contributed by atoms with van der Waals surface area (Å²) in [4.78, 5) is 27.8. The van der Waals surface area contributed by atoms with Crippen molar-refractivity contribution in [2.24, 2.45) is 0 Å². The second-order valence-corrected chi connectivity index (χ2v) is 16.6. The summed E-state index contributed by atoms with van der Waals surface area (Å²) in [5.74, 6) is -1.01. The molecule has 0 bridgehead atoms. The van der Waals surface area contributed by atoms with Gasteiger partial charge in [-0.1, -0.05) is 57.2 Å². The Morgan fingerprint density at radius 1 is 0.971 bits per heavy atom. The van der Waals surface area contributed by atoms with Crippen LogP contribution in [0, 0.1) is 5.82 Å². The van der Waals surface area contributed by atoms with Gasteiger partial charge in [-0.15, -0.1) is 0 Å². The van der Waals surface area contributed by atoms with Crippen LogP contribution in [0.25, 0.3) is 11.1 Å². The standard InChI is InChI=1S/C28H38FNO4Si/c1-27(2,3)34-26(32)30-23(18-33-35(7,8)28(4,5)6)17-24(25(30)31)21-11-9-19(10-12-21)20-13-15-22(29)16-14-20/h9-16,23-24H,17-18H2,1-8H3/t23-,24+/m1/s1. The summed E-state index contributed by atoms with van der Waals surface area (Å²) in [6, 6.07) is 13.6. The molecule has 2 aromatic carbocycles. The van der Waals surface area contributed by atoms with Crippen molar-refractivity contribution in [1.82, 2.24) is 4.90 Å². The first kappa shape index (κ1) is 27.1. The van der Waals surface area contributed by atoms with Crippen LogP contribution in [-0.4, -0.2) is 43.5 Å². The Morgan fingerprint density at radius 2 is 1.49 bits per heavy atom. The van der Waals surface area contributed by atoms with Gasteiger partial charge in [0.1, 0.15) is 11.4 Å². The second kappa shape index (κ2) is 9.86. The Morgan fingerprint density at radius 3 is 1.97 bits per heavy atom. The number of halogens is 1. The lowest BCUT2D eigenvalue weighted by molar-refractivity contribution is -0.129. The average Bonchev–Trinajstić information content (AvgIpc) is 3.07. The molecule has 0 saturated carbocycles. The van der Waals surface area contributed by atoms with Gasteiger partial charge in [0, 0.05) is 0 Å². The van der Waals surface area contributed by atoms with E-state index in [1.165, 1.54) is 17.0 Å². The Balaban J connectivity index is 1.85. The fourth-order valence-corrected chi connectivity index (χ4v) is 4.91. The minimum atomic E-state index is -2.07. The highest BCUT2D eigenvalue weighted by atomic mass is 28.4. The lowest BCUT2D eigenvalue weighted by atomic mass is 9.94. The molecule has 2 amide bonds. The molecule has 0 spiro atoms. The largest absolute Gasteiger partial charge is 0.443 e. The van der Waals surface area contributed by atoms with Crippen molar-refractivity contribution in [3.63, 3.8) is 0 Å². The fraction of sp³-hybridized carbons (Fsp3) is 0.500. The maximum atomic E-state index is 13.5. The second-order valence-electron chi connectivity index (χ2n) is 11.8. The fourth-order valence-electron chi connectivity index (χ4n) is 3.87. The number of likely N-dealkylation sites (tertiary alicyclic amines) is 1. The first-order valence-electron chi connectivity index (χ1n) is 12.1. The van der Waals surface area contributed by atoms with Crippen LogP contribution in [0.3, 0.4) is 0 Å². The van der Waals surface area contributed by atoms with E-state index in [0.29, 0.717) is 13.0 Å². The predicted octanol–water partition coefficient (Wildman–Crippen LogP) is 7.13. The predicted molar refractivity (Wildman–Crippen MR) is 139 cm³/mol. The van der Waals surface area contributed by atoms with Crippen LogP contribution < -0.4 is 0 Å². The van der Waals surface area contributed by atoms with Gasteiger partial charge in [0.25, 0.3) is 0 Å². The van der Waals surface area contributed by atoms with Crippen molar-refractivity contribution >= 4 is 20.3 Å². The summed E-state index contributed by atoms with van der Waals surface area (Å²) in [6.07, 6.45) is -0.153. The molecule has 2 atom stereocenters. The van der Waals surface area contributed by atoms with Crippen LogP contribution in [0.4, 0.5) is 9.18 Å². The van der Waals surface area contributed by atoms with E-state index in [9.17, 15) is 14.0 Å². The molecule has 1 heterocycles. The summed E-state index contributed by atoms with van der Waals surface area (Å²) < 4.78 is 25.3. The molecule has 0 N–H and O–H groups in total. The molecule has 0 unspecified atom stereocenters. The van der Waals surface area contributed by atoms with E-state index in [0.717, 1.165) is 16.7 Å². The van der Waals surface area contributed by atoms with Crippen LogP contribution in [-0.2, 0) is 14.0 Å². The van der Waals surface area contributed by atoms with Gasteiger partial charge in [-0.3, -0.25) is 4.79 Å². The van der Waals surface area contributed by atoms with Crippen molar-refractivity contribution < 1.29 is 23.1 Å². The molecular formula is C28H38FNO4Si. The van der Waals surface area contributed by atoms with Crippen LogP contribution >= 0.6 is 0 Å². The molecule has 35 heavy (non-hydrogen) atoms. The normalized spacial score (nSPS) is 19.2. The zero-order valence-electron chi connectivity index (χ0n) is 22.1. The van der Waals surface area contributed by atoms with Gasteiger partial charge in [0.15, 0.2) is 8.32 Å². The minimum absolute atomic E-state index is 0.0158. The number of nitrogens with zero attached hydrogens (tertiary/aromatic N) is 1. The SMILES string of the molecule is CC(C)(C)OC(=O)N1C(=O)[C@H](c2ccc(-c3ccc(F)cc3)cc2)C[C@@H]1CO[Si](C)(C)C(C)(C)C. The number of carbonyl (C=O) groups excluding carboxylic acids is 2. The van der Waals surface area contributed by atoms with Crippen molar-refractivity contribution in [3.05, 3.63) is 59.9 Å². The summed E-state index contributed by atoms with van der Waals surface area (Å²) in [5.41, 5.74) is 1.95. The van der Waals surface area contributed by atoms with Crippen LogP contribution in [0.2, 0.25) is 18.1 Å². The number of imide groups is 1. The molecule has 0 aromatic heterocycles. The molecule has 1 saturated heterocycles. The zero-order chi connectivity index (χ0) is 26.2. The van der Waals surface area contributed by atoms with Crippen LogP contribution in [0.1, 0.15) is 59.4 Å². The highest BCUT2D eigenvalue weighted by molar-refractivity contribution is 6.74. The van der Waals surface area contributed by atoms with E-state index in [-0.39, 0.29) is 16.8 Å². The van der Waals surface area contributed by atoms with E-state index in [1.54, 1.807) is 32.9 Å². The molecule has 1 aliphatic rings. The molecule has 5 nitrogen and oxygen atoms in total. The lowest BCUT2D eigenvalue weighted by Gasteiger charge is -2.37. The maximum absolute atomic E-state index is 13.5. The van der Waals surface area contributed by atoms with Crippen LogP contribution in [0.5, 0.6) is 0 Å². The molecule has 0 radical (unpaired) electrons. The number of rotatable bonds is 5. The highest BCUT2D eigenvalue weighted by Gasteiger charge is 2.47. The number of carbonyl (C=O) groups is 2. The average molecular weight is 500 g/mol. The van der Waals surface area contributed by atoms with Gasteiger partial charge in [-0.05, 0) is 74.1 Å². The third kappa shape index (κ3) is 6.38. The monoisotopic (exact) mass is 499 g/mol. The zero-order valence-corrected chi connectivity index (χ0v) is 23.1. The van der Waals surface area contributed by atoms with Gasteiger partial charge in [0.05, 0.1) is 18.6 Å². The Hall–Kier alpha value is -2.51. The van der Waals surface area contributed by atoms with Gasteiger partial charge < -0.3 is 9.16 Å². The minimum Gasteiger partial charge on any atom is -0.443 e. The summed E-state index contributed by atoms with van der Waals surface area (Å²) in [5, 5.41) is 0.0158. The van der Waals surface area contributed by atoms with Gasteiger partial charge >= 0.3 is 6.09 Å². The molecule has 1 aliphatic heterocycles. The Kier molecular flexibility index (Phi) is 7.63. The van der Waals surface area contributed by atoms with Crippen molar-refractivity contribution in [2.45, 2.75) is 83.7 Å². The van der Waals surface area contributed by atoms with E-state index >= 15 is 0 Å². The summed E-state index contributed by atoms with van der Waals surface area (Å²) >= 11 is 0. The first-order valence-corrected chi connectivity index (χ1v) is 15.1. The molecule has 7 heteroatoms. The van der Waals surface area contributed by atoms with Gasteiger partial charge in [0.2, 0.25) is 5.91 Å². The molecular weight excluding hydrogens is 461 g/mol. The quantitative estimate of drug-likeness (QED) is 0.411. The number of hydrogen-bond acceptors (Lipinski definition) is 4. The first-order chi connectivity index (χ1) is 16.1. The van der Waals surface area contributed by atoms with E-state index in [4.69, 9.17) is 9.16 Å². The summed E-state index contributed by atoms with van der Waals surface area (Å²) in [6.45, 7) is 16.5. The molecule has 1 fully saturated rings. The van der Waals surface area contributed by atoms with Gasteiger partial charge in [-0.25, -0.2) is 14.1 Å². The Bertz CT molecular complexity index is 1050. The van der Waals surface area contributed by atoms with Crippen molar-refractivity contribution in [2.75, 3.05) is 6.61 Å². The number of benzene rings is 2. The maximum Gasteiger partial charge on any atom is 0.417 e. The number of amides is 2. The number of ether oxygens (including phenoxy) is 1.